The number of sulfonamides is 1. The van der Waals surface area contributed by atoms with E-state index in [1.807, 2.05) is 6.07 Å². The SMILES string of the molecule is CC1(C)CCCC(NCc2cccc(S(N)(=O)=O)c2)C1. The predicted octanol–water partition coefficient (Wildman–Crippen LogP) is 2.39. The first-order valence-corrected chi connectivity index (χ1v) is 8.66. The minimum Gasteiger partial charge on any atom is -0.310 e. The van der Waals surface area contributed by atoms with Crippen LogP contribution in [-0.4, -0.2) is 14.5 Å². The maximum atomic E-state index is 11.3. The van der Waals surface area contributed by atoms with Gasteiger partial charge in [0.05, 0.1) is 4.90 Å². The van der Waals surface area contributed by atoms with Crippen LogP contribution < -0.4 is 10.5 Å². The second-order valence-electron chi connectivity index (χ2n) is 6.53. The molecule has 5 heteroatoms. The quantitative estimate of drug-likeness (QED) is 0.896. The molecule has 20 heavy (non-hydrogen) atoms. The maximum Gasteiger partial charge on any atom is 0.238 e. The number of nitrogens with one attached hydrogen (secondary N) is 1. The van der Waals surface area contributed by atoms with Crippen molar-refractivity contribution in [1.29, 1.82) is 0 Å². The largest absolute Gasteiger partial charge is 0.310 e. The Bertz CT molecular complexity index is 567. The van der Waals surface area contributed by atoms with Crippen LogP contribution in [0.3, 0.4) is 0 Å². The first-order valence-electron chi connectivity index (χ1n) is 7.11. The lowest BCUT2D eigenvalue weighted by atomic mass is 9.75. The van der Waals surface area contributed by atoms with Crippen LogP contribution in [0.2, 0.25) is 0 Å². The summed E-state index contributed by atoms with van der Waals surface area (Å²) in [6, 6.07) is 7.35. The van der Waals surface area contributed by atoms with Gasteiger partial charge in [-0.3, -0.25) is 0 Å². The minimum absolute atomic E-state index is 0.181. The van der Waals surface area contributed by atoms with Gasteiger partial charge in [0, 0.05) is 12.6 Å². The van der Waals surface area contributed by atoms with Gasteiger partial charge in [-0.25, -0.2) is 13.6 Å². The second-order valence-corrected chi connectivity index (χ2v) is 8.09. The molecule has 1 atom stereocenters. The highest BCUT2D eigenvalue weighted by atomic mass is 32.2. The van der Waals surface area contributed by atoms with E-state index in [4.69, 9.17) is 5.14 Å². The van der Waals surface area contributed by atoms with Crippen molar-refractivity contribution < 1.29 is 8.42 Å². The van der Waals surface area contributed by atoms with Gasteiger partial charge >= 0.3 is 0 Å². The van der Waals surface area contributed by atoms with Crippen LogP contribution in [0.25, 0.3) is 0 Å². The average molecular weight is 296 g/mol. The van der Waals surface area contributed by atoms with Crippen LogP contribution in [0.5, 0.6) is 0 Å². The van der Waals surface area contributed by atoms with Crippen molar-refractivity contribution >= 4 is 10.0 Å². The van der Waals surface area contributed by atoms with E-state index in [-0.39, 0.29) is 4.90 Å². The lowest BCUT2D eigenvalue weighted by molar-refractivity contribution is 0.198. The molecule has 0 aromatic heterocycles. The fraction of sp³-hybridized carbons (Fsp3) is 0.600. The van der Waals surface area contributed by atoms with Crippen molar-refractivity contribution in [3.05, 3.63) is 29.8 Å². The van der Waals surface area contributed by atoms with Crippen molar-refractivity contribution in [2.75, 3.05) is 0 Å². The zero-order valence-corrected chi connectivity index (χ0v) is 13.0. The van der Waals surface area contributed by atoms with Crippen molar-refractivity contribution in [1.82, 2.24) is 5.32 Å². The van der Waals surface area contributed by atoms with E-state index in [0.717, 1.165) is 5.56 Å². The van der Waals surface area contributed by atoms with Gasteiger partial charge in [-0.1, -0.05) is 32.4 Å². The Morgan fingerprint density at radius 2 is 2.15 bits per heavy atom. The molecule has 0 heterocycles. The summed E-state index contributed by atoms with van der Waals surface area (Å²) in [5.74, 6) is 0. The minimum atomic E-state index is -3.61. The Kier molecular flexibility index (Phi) is 4.52. The molecule has 1 saturated carbocycles. The Labute approximate surface area is 121 Å². The number of primary sulfonamides is 1. The highest BCUT2D eigenvalue weighted by molar-refractivity contribution is 7.89. The summed E-state index contributed by atoms with van der Waals surface area (Å²) in [6.45, 7) is 5.30. The molecule has 4 nitrogen and oxygen atoms in total. The summed E-state index contributed by atoms with van der Waals surface area (Å²) in [5, 5.41) is 8.69. The van der Waals surface area contributed by atoms with E-state index in [0.29, 0.717) is 18.0 Å². The highest BCUT2D eigenvalue weighted by Gasteiger charge is 2.27. The molecule has 1 aromatic carbocycles. The molecule has 1 fully saturated rings. The molecule has 0 aliphatic heterocycles. The third kappa shape index (κ3) is 4.30. The number of rotatable bonds is 4. The van der Waals surface area contributed by atoms with Gasteiger partial charge in [0.2, 0.25) is 10.0 Å². The summed E-state index contributed by atoms with van der Waals surface area (Å²) in [5.41, 5.74) is 1.36. The molecule has 3 N–H and O–H groups in total. The molecule has 0 amide bonds. The number of benzene rings is 1. The van der Waals surface area contributed by atoms with Gasteiger partial charge in [0.15, 0.2) is 0 Å². The van der Waals surface area contributed by atoms with Gasteiger partial charge in [-0.2, -0.15) is 0 Å². The molecule has 1 aliphatic rings. The molecular weight excluding hydrogens is 272 g/mol. The van der Waals surface area contributed by atoms with Crippen LogP contribution >= 0.6 is 0 Å². The predicted molar refractivity (Wildman–Crippen MR) is 80.7 cm³/mol. The normalized spacial score (nSPS) is 22.6. The molecule has 2 rings (SSSR count). The van der Waals surface area contributed by atoms with Gasteiger partial charge in [0.1, 0.15) is 0 Å². The fourth-order valence-electron chi connectivity index (χ4n) is 2.97. The number of hydrogen-bond donors (Lipinski definition) is 2. The molecule has 1 unspecified atom stereocenters. The molecule has 1 aliphatic carbocycles. The Morgan fingerprint density at radius 1 is 1.40 bits per heavy atom. The smallest absolute Gasteiger partial charge is 0.238 e. The molecule has 0 radical (unpaired) electrons. The summed E-state index contributed by atoms with van der Waals surface area (Å²) >= 11 is 0. The van der Waals surface area contributed by atoms with Crippen molar-refractivity contribution in [2.24, 2.45) is 10.6 Å². The van der Waals surface area contributed by atoms with E-state index >= 15 is 0 Å². The van der Waals surface area contributed by atoms with Gasteiger partial charge in [-0.15, -0.1) is 0 Å². The molecule has 1 aromatic rings. The lowest BCUT2D eigenvalue weighted by Crippen LogP contribution is -2.36. The Morgan fingerprint density at radius 3 is 2.80 bits per heavy atom. The van der Waals surface area contributed by atoms with E-state index in [9.17, 15) is 8.42 Å². The first-order chi connectivity index (χ1) is 9.26. The standard InChI is InChI=1S/C15H24N2O2S/c1-15(2)8-4-6-13(10-15)17-11-12-5-3-7-14(9-12)20(16,18)19/h3,5,7,9,13,17H,4,6,8,10-11H2,1-2H3,(H2,16,18,19). The summed E-state index contributed by atoms with van der Waals surface area (Å²) < 4.78 is 22.7. The van der Waals surface area contributed by atoms with Gasteiger partial charge < -0.3 is 5.32 Å². The van der Waals surface area contributed by atoms with E-state index < -0.39 is 10.0 Å². The Balaban J connectivity index is 1.98. The van der Waals surface area contributed by atoms with Crippen molar-refractivity contribution in [3.63, 3.8) is 0 Å². The third-order valence-corrected chi connectivity index (χ3v) is 4.94. The Hall–Kier alpha value is -0.910. The van der Waals surface area contributed by atoms with Gasteiger partial charge in [0.25, 0.3) is 0 Å². The van der Waals surface area contributed by atoms with Crippen LogP contribution in [0.1, 0.15) is 45.1 Å². The molecule has 112 valence electrons. The van der Waals surface area contributed by atoms with Crippen LogP contribution in [-0.2, 0) is 16.6 Å². The van der Waals surface area contributed by atoms with E-state index in [1.54, 1.807) is 12.1 Å². The number of hydrogen-bond acceptors (Lipinski definition) is 3. The lowest BCUT2D eigenvalue weighted by Gasteiger charge is -2.35. The monoisotopic (exact) mass is 296 g/mol. The van der Waals surface area contributed by atoms with Crippen molar-refractivity contribution in [2.45, 2.75) is 57.0 Å². The van der Waals surface area contributed by atoms with Crippen molar-refractivity contribution in [3.8, 4) is 0 Å². The molecule has 0 saturated heterocycles. The van der Waals surface area contributed by atoms with Crippen LogP contribution in [0, 0.1) is 5.41 Å². The number of nitrogens with two attached hydrogens (primary N) is 1. The van der Waals surface area contributed by atoms with E-state index in [1.165, 1.54) is 31.7 Å². The van der Waals surface area contributed by atoms with Crippen LogP contribution in [0.15, 0.2) is 29.2 Å². The summed E-state index contributed by atoms with van der Waals surface area (Å²) in [6.07, 6.45) is 4.90. The van der Waals surface area contributed by atoms with Crippen LogP contribution in [0.4, 0.5) is 0 Å². The van der Waals surface area contributed by atoms with E-state index in [2.05, 4.69) is 19.2 Å². The summed E-state index contributed by atoms with van der Waals surface area (Å²) in [7, 11) is -3.61. The maximum absolute atomic E-state index is 11.3. The molecule has 0 bridgehead atoms. The molecular formula is C15H24N2O2S. The zero-order valence-electron chi connectivity index (χ0n) is 12.2. The first kappa shape index (κ1) is 15.5. The topological polar surface area (TPSA) is 72.2 Å². The zero-order chi connectivity index (χ0) is 14.8. The summed E-state index contributed by atoms with van der Waals surface area (Å²) in [4.78, 5) is 0.181. The fourth-order valence-corrected chi connectivity index (χ4v) is 3.55. The highest BCUT2D eigenvalue weighted by Crippen LogP contribution is 2.35. The van der Waals surface area contributed by atoms with Gasteiger partial charge in [-0.05, 0) is 42.4 Å². The second kappa shape index (κ2) is 5.84. The third-order valence-electron chi connectivity index (χ3n) is 4.03. The average Bonchev–Trinajstić information content (AvgIpc) is 2.35. The molecule has 0 spiro atoms.